The van der Waals surface area contributed by atoms with Crippen LogP contribution in [-0.4, -0.2) is 15.7 Å². The van der Waals surface area contributed by atoms with Crippen molar-refractivity contribution < 1.29 is 13.9 Å². The summed E-state index contributed by atoms with van der Waals surface area (Å²) in [6.45, 7) is 1.96. The van der Waals surface area contributed by atoms with Crippen LogP contribution in [0.15, 0.2) is 28.7 Å². The van der Waals surface area contributed by atoms with E-state index in [0.29, 0.717) is 16.5 Å². The molecule has 0 fully saturated rings. The van der Waals surface area contributed by atoms with Crippen molar-refractivity contribution in [3.05, 3.63) is 56.6 Å². The predicted octanol–water partition coefficient (Wildman–Crippen LogP) is 4.54. The number of nitrogens with zero attached hydrogens (tertiary/aromatic N) is 3. The Bertz CT molecular complexity index is 1190. The van der Waals surface area contributed by atoms with Gasteiger partial charge in [0, 0.05) is 4.88 Å². The number of nitrogens with one attached hydrogen (secondary N) is 1. The number of carbonyl (C=O) groups excluding carboxylic acids is 1. The van der Waals surface area contributed by atoms with Crippen LogP contribution in [0.25, 0.3) is 0 Å². The highest BCUT2D eigenvalue weighted by atomic mass is 32.1. The van der Waals surface area contributed by atoms with Gasteiger partial charge >= 0.3 is 0 Å². The lowest BCUT2D eigenvalue weighted by Crippen LogP contribution is -2.19. The molecule has 0 spiro atoms. The first kappa shape index (κ1) is 20.3. The third kappa shape index (κ3) is 4.30. The number of aryl methyl sites for hydroxylation is 2. The molecule has 3 aromatic rings. The van der Waals surface area contributed by atoms with Gasteiger partial charge in [-0.15, -0.1) is 16.4 Å². The summed E-state index contributed by atoms with van der Waals surface area (Å²) in [5, 5.41) is 17.2. The molecule has 0 saturated carbocycles. The Kier molecular flexibility index (Phi) is 5.97. The number of thiophene rings is 1. The number of benzene rings is 1. The Balaban J connectivity index is 1.42. The third-order valence-corrected chi connectivity index (χ3v) is 6.42. The second-order valence-corrected chi connectivity index (χ2v) is 8.50. The number of amides is 1. The average molecular weight is 441 g/mol. The van der Waals surface area contributed by atoms with Crippen LogP contribution in [0.3, 0.4) is 0 Å². The molecule has 30 heavy (non-hydrogen) atoms. The molecule has 4 rings (SSSR count). The zero-order valence-electron chi connectivity index (χ0n) is 16.4. The summed E-state index contributed by atoms with van der Waals surface area (Å²) in [7, 11) is 0. The first-order chi connectivity index (χ1) is 14.5. The lowest BCUT2D eigenvalue weighted by Gasteiger charge is -2.09. The number of rotatable bonds is 6. The minimum Gasteiger partial charge on any atom is -0.484 e. The summed E-state index contributed by atoms with van der Waals surface area (Å²) in [4.78, 5) is 13.8. The van der Waals surface area contributed by atoms with E-state index in [9.17, 15) is 10.1 Å². The summed E-state index contributed by atoms with van der Waals surface area (Å²) in [5.41, 5.74) is 2.67. The van der Waals surface area contributed by atoms with Gasteiger partial charge in [-0.2, -0.15) is 5.26 Å². The number of hydrogen-bond donors (Lipinski definition) is 1. The van der Waals surface area contributed by atoms with Crippen LogP contribution in [0.5, 0.6) is 5.75 Å². The first-order valence-corrected chi connectivity index (χ1v) is 10.9. The molecule has 1 aliphatic carbocycles. The molecule has 2 heterocycles. The minimum atomic E-state index is -0.305. The number of ether oxygens (including phenoxy) is 1. The summed E-state index contributed by atoms with van der Waals surface area (Å²) in [5.74, 6) is 0.720. The fourth-order valence-electron chi connectivity index (χ4n) is 3.44. The number of carbonyl (C=O) groups is 1. The normalized spacial score (nSPS) is 12.8. The zero-order valence-corrected chi connectivity index (χ0v) is 18.1. The maximum atomic E-state index is 12.6. The molecule has 2 aromatic heterocycles. The summed E-state index contributed by atoms with van der Waals surface area (Å²) < 4.78 is 12.5. The van der Waals surface area contributed by atoms with Crippen molar-refractivity contribution in [2.24, 2.45) is 0 Å². The Hall–Kier alpha value is -2.96. The van der Waals surface area contributed by atoms with Gasteiger partial charge in [-0.3, -0.25) is 4.79 Å². The molecule has 0 aliphatic heterocycles. The molecule has 1 amide bonds. The van der Waals surface area contributed by atoms with E-state index in [0.717, 1.165) is 42.6 Å². The predicted molar refractivity (Wildman–Crippen MR) is 115 cm³/mol. The molecule has 1 aliphatic rings. The van der Waals surface area contributed by atoms with Crippen LogP contribution in [0.4, 0.5) is 5.00 Å². The SMILES string of the molecule is Cc1ccccc1OCc1nn(CC(=O)Nc2sc3c(c2C#N)CCCC3)c(=S)o1. The van der Waals surface area contributed by atoms with Gasteiger partial charge in [-0.1, -0.05) is 18.2 Å². The van der Waals surface area contributed by atoms with Gasteiger partial charge in [0.1, 0.15) is 23.4 Å². The molecular weight excluding hydrogens is 420 g/mol. The molecule has 1 N–H and O–H groups in total. The number of anilines is 1. The van der Waals surface area contributed by atoms with Gasteiger partial charge in [0.05, 0.1) is 5.56 Å². The molecule has 0 unspecified atom stereocenters. The van der Waals surface area contributed by atoms with E-state index in [1.807, 2.05) is 31.2 Å². The molecule has 0 radical (unpaired) electrons. The molecule has 0 bridgehead atoms. The number of nitriles is 1. The van der Waals surface area contributed by atoms with E-state index in [4.69, 9.17) is 21.4 Å². The number of fused-ring (bicyclic) bond motifs is 1. The highest BCUT2D eigenvalue weighted by molar-refractivity contribution is 7.71. The molecule has 154 valence electrons. The van der Waals surface area contributed by atoms with Crippen LogP contribution in [-0.2, 0) is 30.8 Å². The van der Waals surface area contributed by atoms with Gasteiger partial charge in [0.2, 0.25) is 5.91 Å². The van der Waals surface area contributed by atoms with Crippen molar-refractivity contribution in [1.29, 1.82) is 5.26 Å². The molecule has 1 aromatic carbocycles. The standard InChI is InChI=1S/C21H20N4O3S2/c1-13-6-2-4-8-16(13)27-12-19-24-25(21(29)28-19)11-18(26)23-20-15(10-22)14-7-3-5-9-17(14)30-20/h2,4,6,8H,3,5,7,9,11-12H2,1H3,(H,23,26). The van der Waals surface area contributed by atoms with Crippen molar-refractivity contribution in [3.8, 4) is 11.8 Å². The van der Waals surface area contributed by atoms with Gasteiger partial charge < -0.3 is 14.5 Å². The van der Waals surface area contributed by atoms with Crippen LogP contribution in [0, 0.1) is 23.1 Å². The quantitative estimate of drug-likeness (QED) is 0.566. The van der Waals surface area contributed by atoms with Gasteiger partial charge in [-0.05, 0) is 62.0 Å². The topological polar surface area (TPSA) is 93.1 Å². The summed E-state index contributed by atoms with van der Waals surface area (Å²) in [6.07, 6.45) is 4.05. The number of para-hydroxylation sites is 1. The van der Waals surface area contributed by atoms with Gasteiger partial charge in [-0.25, -0.2) is 4.68 Å². The smallest absolute Gasteiger partial charge is 0.287 e. The molecule has 0 saturated heterocycles. The molecule has 0 atom stereocenters. The van der Waals surface area contributed by atoms with E-state index in [-0.39, 0.29) is 23.9 Å². The Labute approximate surface area is 182 Å². The van der Waals surface area contributed by atoms with Crippen LogP contribution < -0.4 is 10.1 Å². The molecule has 7 nitrogen and oxygen atoms in total. The second kappa shape index (κ2) is 8.81. The maximum absolute atomic E-state index is 12.6. The average Bonchev–Trinajstić information content (AvgIpc) is 3.26. The number of aromatic nitrogens is 2. The first-order valence-electron chi connectivity index (χ1n) is 9.65. The van der Waals surface area contributed by atoms with Crippen molar-refractivity contribution >= 4 is 34.5 Å². The third-order valence-electron chi connectivity index (χ3n) is 4.92. The van der Waals surface area contributed by atoms with Crippen molar-refractivity contribution in [3.63, 3.8) is 0 Å². The van der Waals surface area contributed by atoms with Crippen molar-refractivity contribution in [2.75, 3.05) is 5.32 Å². The molecular formula is C21H20N4O3S2. The summed E-state index contributed by atoms with van der Waals surface area (Å²) in [6, 6.07) is 9.88. The Morgan fingerprint density at radius 2 is 2.20 bits per heavy atom. The number of hydrogen-bond acceptors (Lipinski definition) is 7. The van der Waals surface area contributed by atoms with Crippen LogP contribution >= 0.6 is 23.6 Å². The van der Waals surface area contributed by atoms with E-state index < -0.39 is 0 Å². The van der Waals surface area contributed by atoms with Crippen molar-refractivity contribution in [1.82, 2.24) is 9.78 Å². The van der Waals surface area contributed by atoms with E-state index in [2.05, 4.69) is 16.5 Å². The molecule has 9 heteroatoms. The highest BCUT2D eigenvalue weighted by Gasteiger charge is 2.22. The van der Waals surface area contributed by atoms with Gasteiger partial charge in [0.15, 0.2) is 6.61 Å². The summed E-state index contributed by atoms with van der Waals surface area (Å²) >= 11 is 6.67. The fourth-order valence-corrected chi connectivity index (χ4v) is 4.90. The lowest BCUT2D eigenvalue weighted by molar-refractivity contribution is -0.116. The minimum absolute atomic E-state index is 0.0968. The van der Waals surface area contributed by atoms with Gasteiger partial charge in [0.25, 0.3) is 10.7 Å². The zero-order chi connectivity index (χ0) is 21.1. The Morgan fingerprint density at radius 1 is 1.40 bits per heavy atom. The van der Waals surface area contributed by atoms with Crippen molar-refractivity contribution in [2.45, 2.75) is 45.8 Å². The largest absolute Gasteiger partial charge is 0.484 e. The van der Waals surface area contributed by atoms with E-state index in [1.165, 1.54) is 20.9 Å². The van der Waals surface area contributed by atoms with Crippen LogP contribution in [0.2, 0.25) is 0 Å². The fraction of sp³-hybridized carbons (Fsp3) is 0.333. The maximum Gasteiger partial charge on any atom is 0.287 e. The van der Waals surface area contributed by atoms with E-state index in [1.54, 1.807) is 0 Å². The van der Waals surface area contributed by atoms with Crippen LogP contribution in [0.1, 0.15) is 40.3 Å². The van der Waals surface area contributed by atoms with E-state index >= 15 is 0 Å². The Morgan fingerprint density at radius 3 is 3.00 bits per heavy atom. The monoisotopic (exact) mass is 440 g/mol. The highest BCUT2D eigenvalue weighted by Crippen LogP contribution is 2.37. The lowest BCUT2D eigenvalue weighted by atomic mass is 9.96. The second-order valence-electron chi connectivity index (χ2n) is 7.05.